The molecule has 0 aliphatic rings. The summed E-state index contributed by atoms with van der Waals surface area (Å²) in [4.78, 5) is 20.9. The molecule has 0 aliphatic heterocycles. The molecule has 0 saturated heterocycles. The highest BCUT2D eigenvalue weighted by Gasteiger charge is 2.20. The molecule has 96 valence electrons. The monoisotopic (exact) mass is 283 g/mol. The Hall–Kier alpha value is -1.31. The Morgan fingerprint density at radius 2 is 2.28 bits per heavy atom. The second-order valence-electron chi connectivity index (χ2n) is 4.17. The molecule has 2 rings (SSSR count). The van der Waals surface area contributed by atoms with E-state index < -0.39 is 5.91 Å². The minimum atomic E-state index is -0.565. The third-order valence-electron chi connectivity index (χ3n) is 2.22. The minimum Gasteiger partial charge on any atom is -0.288 e. The van der Waals surface area contributed by atoms with Gasteiger partial charge in [0.2, 0.25) is 0 Å². The lowest BCUT2D eigenvalue weighted by Gasteiger charge is -2.02. The lowest BCUT2D eigenvalue weighted by atomic mass is 10.1. The molecule has 2 aromatic heterocycles. The number of carbonyl (C=O) groups excluding carboxylic acids is 1. The number of nitrogens with zero attached hydrogens (tertiary/aromatic N) is 2. The van der Waals surface area contributed by atoms with Gasteiger partial charge >= 0.3 is 0 Å². The quantitative estimate of drug-likeness (QED) is 0.668. The zero-order valence-corrected chi connectivity index (χ0v) is 11.6. The predicted octanol–water partition coefficient (Wildman–Crippen LogP) is 2.58. The number of amides is 1. The van der Waals surface area contributed by atoms with Crippen molar-refractivity contribution in [3.05, 3.63) is 22.1 Å². The van der Waals surface area contributed by atoms with Crippen LogP contribution in [-0.2, 0) is 6.42 Å². The van der Waals surface area contributed by atoms with Gasteiger partial charge in [-0.25, -0.2) is 15.4 Å². The number of thiazole rings is 2. The molecule has 1 amide bonds. The smallest absolute Gasteiger partial charge is 0.288 e. The Balaban J connectivity index is 2.40. The highest BCUT2D eigenvalue weighted by molar-refractivity contribution is 7.20. The third-order valence-corrected chi connectivity index (χ3v) is 4.22. The summed E-state index contributed by atoms with van der Waals surface area (Å²) in [5, 5.41) is 12.1. The first-order valence-electron chi connectivity index (χ1n) is 5.45. The maximum atomic E-state index is 11.6. The van der Waals surface area contributed by atoms with Gasteiger partial charge in [-0.15, -0.1) is 22.7 Å². The van der Waals surface area contributed by atoms with Crippen LogP contribution in [0.4, 0.5) is 0 Å². The molecule has 5 nitrogen and oxygen atoms in total. The first-order chi connectivity index (χ1) is 8.61. The summed E-state index contributed by atoms with van der Waals surface area (Å²) >= 11 is 2.93. The van der Waals surface area contributed by atoms with Gasteiger partial charge in [-0.1, -0.05) is 13.8 Å². The second-order valence-corrected chi connectivity index (χ2v) is 6.15. The number of nitrogens with one attached hydrogen (secondary N) is 1. The van der Waals surface area contributed by atoms with Gasteiger partial charge in [0.25, 0.3) is 5.91 Å². The van der Waals surface area contributed by atoms with Crippen molar-refractivity contribution in [2.75, 3.05) is 0 Å². The largest absolute Gasteiger partial charge is 0.294 e. The minimum absolute atomic E-state index is 0.293. The number of hydrogen-bond acceptors (Lipinski definition) is 6. The Kier molecular flexibility index (Phi) is 4.05. The van der Waals surface area contributed by atoms with Crippen LogP contribution in [-0.4, -0.2) is 21.1 Å². The Bertz CT molecular complexity index is 534. The van der Waals surface area contributed by atoms with E-state index >= 15 is 0 Å². The SMILES string of the molecule is CC(C)Cc1sc(-c2nccs2)nc1C(=O)NO. The average Bonchev–Trinajstić information content (AvgIpc) is 2.95. The topological polar surface area (TPSA) is 75.1 Å². The molecule has 0 radical (unpaired) electrons. The maximum absolute atomic E-state index is 11.6. The van der Waals surface area contributed by atoms with Crippen molar-refractivity contribution in [2.45, 2.75) is 20.3 Å². The molecule has 0 saturated carbocycles. The van der Waals surface area contributed by atoms with E-state index in [0.717, 1.165) is 21.3 Å². The van der Waals surface area contributed by atoms with Crippen molar-refractivity contribution < 1.29 is 10.0 Å². The zero-order chi connectivity index (χ0) is 13.1. The van der Waals surface area contributed by atoms with E-state index in [1.54, 1.807) is 11.7 Å². The first kappa shape index (κ1) is 13.1. The van der Waals surface area contributed by atoms with Crippen LogP contribution < -0.4 is 5.48 Å². The van der Waals surface area contributed by atoms with E-state index in [9.17, 15) is 4.79 Å². The van der Waals surface area contributed by atoms with E-state index in [-0.39, 0.29) is 0 Å². The molecule has 0 fully saturated rings. The van der Waals surface area contributed by atoms with Gasteiger partial charge in [0.1, 0.15) is 5.69 Å². The summed E-state index contributed by atoms with van der Waals surface area (Å²) in [6.07, 6.45) is 2.46. The highest BCUT2D eigenvalue weighted by atomic mass is 32.1. The van der Waals surface area contributed by atoms with Crippen LogP contribution in [0.5, 0.6) is 0 Å². The average molecular weight is 283 g/mol. The molecule has 0 aromatic carbocycles. The number of carbonyl (C=O) groups is 1. The van der Waals surface area contributed by atoms with Crippen molar-refractivity contribution in [3.8, 4) is 10.0 Å². The van der Waals surface area contributed by atoms with E-state index in [1.165, 1.54) is 22.7 Å². The summed E-state index contributed by atoms with van der Waals surface area (Å²) in [5.41, 5.74) is 1.93. The van der Waals surface area contributed by atoms with Crippen molar-refractivity contribution in [2.24, 2.45) is 5.92 Å². The summed E-state index contributed by atoms with van der Waals surface area (Å²) in [6.45, 7) is 4.15. The van der Waals surface area contributed by atoms with Gasteiger partial charge in [-0.2, -0.15) is 0 Å². The zero-order valence-electron chi connectivity index (χ0n) is 10.0. The van der Waals surface area contributed by atoms with Crippen molar-refractivity contribution in [3.63, 3.8) is 0 Å². The number of rotatable bonds is 4. The van der Waals surface area contributed by atoms with Crippen LogP contribution >= 0.6 is 22.7 Å². The van der Waals surface area contributed by atoms with Crippen LogP contribution in [0.3, 0.4) is 0 Å². The third kappa shape index (κ3) is 2.74. The van der Waals surface area contributed by atoms with Gasteiger partial charge in [0, 0.05) is 16.5 Å². The van der Waals surface area contributed by atoms with E-state index in [4.69, 9.17) is 5.21 Å². The first-order valence-corrected chi connectivity index (χ1v) is 7.15. The van der Waals surface area contributed by atoms with Crippen LogP contribution in [0.25, 0.3) is 10.0 Å². The molecule has 18 heavy (non-hydrogen) atoms. The summed E-state index contributed by atoms with van der Waals surface area (Å²) in [6, 6.07) is 0. The predicted molar refractivity (Wildman–Crippen MR) is 71.0 cm³/mol. The molecule has 7 heteroatoms. The summed E-state index contributed by atoms with van der Waals surface area (Å²) < 4.78 is 0. The van der Waals surface area contributed by atoms with E-state index in [0.29, 0.717) is 11.6 Å². The molecule has 0 bridgehead atoms. The number of hydrogen-bond donors (Lipinski definition) is 2. The molecule has 2 N–H and O–H groups in total. The molecule has 0 unspecified atom stereocenters. The van der Waals surface area contributed by atoms with Gasteiger partial charge in [0.05, 0.1) is 0 Å². The van der Waals surface area contributed by atoms with Crippen molar-refractivity contribution in [1.82, 2.24) is 15.4 Å². The van der Waals surface area contributed by atoms with Crippen molar-refractivity contribution in [1.29, 1.82) is 0 Å². The molecule has 0 aliphatic carbocycles. The normalized spacial score (nSPS) is 10.9. The molecule has 0 atom stereocenters. The van der Waals surface area contributed by atoms with Crippen LogP contribution in [0, 0.1) is 5.92 Å². The van der Waals surface area contributed by atoms with E-state index in [2.05, 4.69) is 23.8 Å². The van der Waals surface area contributed by atoms with E-state index in [1.807, 2.05) is 5.38 Å². The molecule has 2 aromatic rings. The van der Waals surface area contributed by atoms with Gasteiger partial charge < -0.3 is 0 Å². The fourth-order valence-electron chi connectivity index (χ4n) is 1.51. The fourth-order valence-corrected chi connectivity index (χ4v) is 3.46. The van der Waals surface area contributed by atoms with Gasteiger partial charge in [-0.3, -0.25) is 10.0 Å². The standard InChI is InChI=1S/C11H13N3O2S2/c1-6(2)5-7-8(9(15)14-16)13-11(18-7)10-12-3-4-17-10/h3-4,6,16H,5H2,1-2H3,(H,14,15). The molecular weight excluding hydrogens is 270 g/mol. The molecular formula is C11H13N3O2S2. The number of aromatic nitrogens is 2. The van der Waals surface area contributed by atoms with Gasteiger partial charge in [0.15, 0.2) is 10.0 Å². The molecule has 0 spiro atoms. The molecule has 2 heterocycles. The highest BCUT2D eigenvalue weighted by Crippen LogP contribution is 2.30. The summed E-state index contributed by atoms with van der Waals surface area (Å²) in [7, 11) is 0. The van der Waals surface area contributed by atoms with Crippen molar-refractivity contribution >= 4 is 28.6 Å². The van der Waals surface area contributed by atoms with Crippen LogP contribution in [0.1, 0.15) is 29.2 Å². The number of hydroxylamine groups is 1. The van der Waals surface area contributed by atoms with Crippen LogP contribution in [0.2, 0.25) is 0 Å². The van der Waals surface area contributed by atoms with Crippen LogP contribution in [0.15, 0.2) is 11.6 Å². The lowest BCUT2D eigenvalue weighted by molar-refractivity contribution is 0.0700. The maximum Gasteiger partial charge on any atom is 0.294 e. The second kappa shape index (κ2) is 5.55. The Morgan fingerprint density at radius 1 is 1.50 bits per heavy atom. The fraction of sp³-hybridized carbons (Fsp3) is 0.364. The van der Waals surface area contributed by atoms with Gasteiger partial charge in [-0.05, 0) is 12.3 Å². The Labute approximate surface area is 112 Å². The summed E-state index contributed by atoms with van der Waals surface area (Å²) in [5.74, 6) is -0.149. The Morgan fingerprint density at radius 3 is 2.83 bits per heavy atom. The lowest BCUT2D eigenvalue weighted by Crippen LogP contribution is -2.20.